The number of benzene rings is 2. The molecular weight excluding hydrogens is 380 g/mol. The molecule has 2 aromatic carbocycles. The number of nitrogens with one attached hydrogen (secondary N) is 2. The van der Waals surface area contributed by atoms with E-state index < -0.39 is 0 Å². The Kier molecular flexibility index (Phi) is 4.38. The zero-order valence-corrected chi connectivity index (χ0v) is 17.0. The number of esters is 1. The Hall–Kier alpha value is -3.15. The van der Waals surface area contributed by atoms with Crippen molar-refractivity contribution in [2.24, 2.45) is 23.7 Å². The molecule has 6 heteroatoms. The second-order valence-corrected chi connectivity index (χ2v) is 8.82. The Labute approximate surface area is 175 Å². The zero-order valence-electron chi connectivity index (χ0n) is 17.0. The first-order chi connectivity index (χ1) is 14.4. The lowest BCUT2D eigenvalue weighted by Gasteiger charge is -2.23. The molecule has 2 aromatic rings. The third kappa shape index (κ3) is 3.16. The highest BCUT2D eigenvalue weighted by Gasteiger charge is 2.63. The molecule has 0 spiro atoms. The van der Waals surface area contributed by atoms with Crippen LogP contribution in [0.1, 0.15) is 34.3 Å². The van der Waals surface area contributed by atoms with Crippen molar-refractivity contribution in [2.75, 3.05) is 10.6 Å². The van der Waals surface area contributed by atoms with Crippen LogP contribution in [0.15, 0.2) is 42.5 Å². The van der Waals surface area contributed by atoms with E-state index >= 15 is 0 Å². The summed E-state index contributed by atoms with van der Waals surface area (Å²) >= 11 is 0. The average Bonchev–Trinajstić information content (AvgIpc) is 3.30. The minimum absolute atomic E-state index is 0.00818. The summed E-state index contributed by atoms with van der Waals surface area (Å²) in [6, 6.07) is 12.8. The van der Waals surface area contributed by atoms with E-state index in [1.807, 2.05) is 32.0 Å². The van der Waals surface area contributed by atoms with E-state index in [9.17, 15) is 14.4 Å². The predicted octanol–water partition coefficient (Wildman–Crippen LogP) is 3.69. The number of anilines is 2. The molecule has 1 aliphatic heterocycles. The Balaban J connectivity index is 1.30. The topological polar surface area (TPSA) is 84.5 Å². The number of hydrogen-bond acceptors (Lipinski definition) is 4. The van der Waals surface area contributed by atoms with Crippen LogP contribution < -0.4 is 10.6 Å². The molecule has 3 fully saturated rings. The summed E-state index contributed by atoms with van der Waals surface area (Å²) in [5, 5.41) is 5.83. The van der Waals surface area contributed by atoms with E-state index in [0.717, 1.165) is 29.7 Å². The normalized spacial score (nSPS) is 28.3. The number of carbonyl (C=O) groups excluding carboxylic acids is 3. The third-order valence-corrected chi connectivity index (χ3v) is 6.66. The van der Waals surface area contributed by atoms with Gasteiger partial charge in [-0.05, 0) is 74.1 Å². The second kappa shape index (κ2) is 6.97. The summed E-state index contributed by atoms with van der Waals surface area (Å²) in [7, 11) is 0. The van der Waals surface area contributed by atoms with Gasteiger partial charge in [-0.15, -0.1) is 0 Å². The first-order valence-corrected chi connectivity index (χ1v) is 10.4. The van der Waals surface area contributed by atoms with Crippen molar-refractivity contribution < 1.29 is 19.1 Å². The maximum absolute atomic E-state index is 13.0. The highest BCUT2D eigenvalue weighted by molar-refractivity contribution is 6.05. The van der Waals surface area contributed by atoms with Crippen LogP contribution in [-0.2, 0) is 14.3 Å². The molecule has 6 nitrogen and oxygen atoms in total. The van der Waals surface area contributed by atoms with Gasteiger partial charge in [0, 0.05) is 22.9 Å². The molecule has 1 heterocycles. The number of aryl methyl sites for hydroxylation is 2. The van der Waals surface area contributed by atoms with Gasteiger partial charge in [-0.25, -0.2) is 0 Å². The van der Waals surface area contributed by atoms with E-state index in [2.05, 4.69) is 10.6 Å². The summed E-state index contributed by atoms with van der Waals surface area (Å²) in [5.41, 5.74) is 3.90. The van der Waals surface area contributed by atoms with Gasteiger partial charge in [-0.3, -0.25) is 14.4 Å². The summed E-state index contributed by atoms with van der Waals surface area (Å²) < 4.78 is 5.42. The SMILES string of the molecule is Cc1cc(C)cc(NC(=O)c2cccc(NC(=O)[C@@H]3[C@@H]4C[C@@H]5[C@@H]3C(=O)O[C@@H]5C4)c2)c1. The van der Waals surface area contributed by atoms with Crippen LogP contribution in [0.25, 0.3) is 0 Å². The quantitative estimate of drug-likeness (QED) is 0.761. The Morgan fingerprint density at radius 2 is 1.73 bits per heavy atom. The lowest BCUT2D eigenvalue weighted by atomic mass is 9.79. The van der Waals surface area contributed by atoms with E-state index in [0.29, 0.717) is 11.3 Å². The standard InChI is InChI=1S/C24H24N2O4/c1-12-6-13(2)8-17(7-12)26-22(27)14-4-3-5-16(9-14)25-23(28)20-15-10-18-19(11-15)30-24(29)21(18)20/h3-9,15,18-21H,10-11H2,1-2H3,(H,25,28)(H,26,27)/t15-,18+,19-,20-,21+/m1/s1. The Morgan fingerprint density at radius 1 is 0.967 bits per heavy atom. The highest BCUT2D eigenvalue weighted by atomic mass is 16.6. The molecule has 5 rings (SSSR count). The zero-order chi connectivity index (χ0) is 21.0. The van der Waals surface area contributed by atoms with Gasteiger partial charge in [0.05, 0.1) is 11.8 Å². The molecule has 30 heavy (non-hydrogen) atoms. The lowest BCUT2D eigenvalue weighted by Crippen LogP contribution is -2.35. The summed E-state index contributed by atoms with van der Waals surface area (Å²) in [6.07, 6.45) is 1.68. The second-order valence-electron chi connectivity index (χ2n) is 8.82. The van der Waals surface area contributed by atoms with Crippen LogP contribution in [0.2, 0.25) is 0 Å². The molecule has 2 amide bonds. The minimum Gasteiger partial charge on any atom is -0.462 e. The number of hydrogen-bond donors (Lipinski definition) is 2. The molecule has 0 aromatic heterocycles. The van der Waals surface area contributed by atoms with Crippen LogP contribution >= 0.6 is 0 Å². The molecule has 154 valence electrons. The molecule has 0 unspecified atom stereocenters. The molecule has 0 radical (unpaired) electrons. The van der Waals surface area contributed by atoms with Crippen molar-refractivity contribution >= 4 is 29.2 Å². The predicted molar refractivity (Wildman–Crippen MR) is 112 cm³/mol. The lowest BCUT2D eigenvalue weighted by molar-refractivity contribution is -0.145. The van der Waals surface area contributed by atoms with Crippen LogP contribution in [0.5, 0.6) is 0 Å². The largest absolute Gasteiger partial charge is 0.462 e. The van der Waals surface area contributed by atoms with E-state index in [4.69, 9.17) is 4.74 Å². The van der Waals surface area contributed by atoms with Gasteiger partial charge in [0.25, 0.3) is 5.91 Å². The molecule has 2 saturated carbocycles. The van der Waals surface area contributed by atoms with Crippen molar-refractivity contribution in [3.05, 3.63) is 59.2 Å². The fourth-order valence-corrected chi connectivity index (χ4v) is 5.58. The van der Waals surface area contributed by atoms with E-state index in [-0.39, 0.29) is 47.6 Å². The number of rotatable bonds is 4. The minimum atomic E-state index is -0.339. The molecular formula is C24H24N2O4. The summed E-state index contributed by atoms with van der Waals surface area (Å²) in [6.45, 7) is 3.97. The van der Waals surface area contributed by atoms with Gasteiger partial charge in [0.15, 0.2) is 0 Å². The maximum Gasteiger partial charge on any atom is 0.310 e. The molecule has 2 N–H and O–H groups in total. The molecule has 1 saturated heterocycles. The van der Waals surface area contributed by atoms with Crippen molar-refractivity contribution in [2.45, 2.75) is 32.8 Å². The monoisotopic (exact) mass is 404 g/mol. The fraction of sp³-hybridized carbons (Fsp3) is 0.375. The smallest absolute Gasteiger partial charge is 0.310 e. The number of fused-ring (bicyclic) bond motifs is 1. The number of amides is 2. The van der Waals surface area contributed by atoms with Crippen molar-refractivity contribution in [3.63, 3.8) is 0 Å². The first-order valence-electron chi connectivity index (χ1n) is 10.4. The molecule has 3 aliphatic rings. The van der Waals surface area contributed by atoms with Gasteiger partial charge < -0.3 is 15.4 Å². The van der Waals surface area contributed by atoms with Crippen LogP contribution in [0.4, 0.5) is 11.4 Å². The van der Waals surface area contributed by atoms with Crippen LogP contribution in [-0.4, -0.2) is 23.9 Å². The highest BCUT2D eigenvalue weighted by Crippen LogP contribution is 2.57. The summed E-state index contributed by atoms with van der Waals surface area (Å²) in [5.74, 6) is -0.888. The van der Waals surface area contributed by atoms with Gasteiger partial charge >= 0.3 is 5.97 Å². The van der Waals surface area contributed by atoms with Gasteiger partial charge in [-0.2, -0.15) is 0 Å². The van der Waals surface area contributed by atoms with E-state index in [1.54, 1.807) is 24.3 Å². The van der Waals surface area contributed by atoms with Gasteiger partial charge in [-0.1, -0.05) is 12.1 Å². The first kappa shape index (κ1) is 18.9. The van der Waals surface area contributed by atoms with Crippen molar-refractivity contribution in [1.29, 1.82) is 0 Å². The third-order valence-electron chi connectivity index (χ3n) is 6.66. The summed E-state index contributed by atoms with van der Waals surface area (Å²) in [4.78, 5) is 37.8. The Morgan fingerprint density at radius 3 is 2.50 bits per heavy atom. The maximum atomic E-state index is 13.0. The average molecular weight is 404 g/mol. The number of ether oxygens (including phenoxy) is 1. The number of carbonyl (C=O) groups is 3. The van der Waals surface area contributed by atoms with Crippen LogP contribution in [0, 0.1) is 37.5 Å². The van der Waals surface area contributed by atoms with Gasteiger partial charge in [0.1, 0.15) is 6.10 Å². The van der Waals surface area contributed by atoms with Crippen LogP contribution in [0.3, 0.4) is 0 Å². The van der Waals surface area contributed by atoms with Crippen molar-refractivity contribution in [1.82, 2.24) is 0 Å². The molecule has 5 atom stereocenters. The van der Waals surface area contributed by atoms with Gasteiger partial charge in [0.2, 0.25) is 5.91 Å². The van der Waals surface area contributed by atoms with E-state index in [1.165, 1.54) is 0 Å². The molecule has 2 bridgehead atoms. The fourth-order valence-electron chi connectivity index (χ4n) is 5.58. The Bertz CT molecular complexity index is 1040. The van der Waals surface area contributed by atoms with Crippen molar-refractivity contribution in [3.8, 4) is 0 Å². The molecule has 2 aliphatic carbocycles.